The van der Waals surface area contributed by atoms with Gasteiger partial charge in [-0.25, -0.2) is 13.1 Å². The SMILES string of the molecule is CCN[C@H](C)CNS(=O)(=O)c1cccc(C(N)=O)c1.Cl. The average molecular weight is 322 g/mol. The van der Waals surface area contributed by atoms with E-state index in [0.29, 0.717) is 0 Å². The minimum absolute atomic E-state index is 0. The molecule has 0 saturated carbocycles. The van der Waals surface area contributed by atoms with Crippen LogP contribution in [0.15, 0.2) is 29.2 Å². The van der Waals surface area contributed by atoms with E-state index in [1.54, 1.807) is 0 Å². The Kier molecular flexibility index (Phi) is 7.74. The van der Waals surface area contributed by atoms with Gasteiger partial charge in [-0.05, 0) is 31.7 Å². The highest BCUT2D eigenvalue weighted by Gasteiger charge is 2.16. The molecule has 0 unspecified atom stereocenters. The van der Waals surface area contributed by atoms with Crippen molar-refractivity contribution in [1.29, 1.82) is 0 Å². The number of benzene rings is 1. The van der Waals surface area contributed by atoms with E-state index in [2.05, 4.69) is 10.0 Å². The maximum Gasteiger partial charge on any atom is 0.248 e. The molecule has 0 aliphatic heterocycles. The fraction of sp³-hybridized carbons (Fsp3) is 0.417. The number of primary amides is 1. The van der Waals surface area contributed by atoms with Crippen molar-refractivity contribution >= 4 is 28.3 Å². The number of likely N-dealkylation sites (N-methyl/N-ethyl adjacent to an activating group) is 1. The zero-order valence-corrected chi connectivity index (χ0v) is 13.1. The van der Waals surface area contributed by atoms with E-state index in [1.165, 1.54) is 24.3 Å². The summed E-state index contributed by atoms with van der Waals surface area (Å²) in [4.78, 5) is 11.1. The summed E-state index contributed by atoms with van der Waals surface area (Å²) in [5.74, 6) is -0.655. The monoisotopic (exact) mass is 321 g/mol. The van der Waals surface area contributed by atoms with Gasteiger partial charge in [-0.15, -0.1) is 12.4 Å². The molecule has 114 valence electrons. The number of carbonyl (C=O) groups excluding carboxylic acids is 1. The molecular weight excluding hydrogens is 302 g/mol. The zero-order chi connectivity index (χ0) is 14.5. The minimum atomic E-state index is -3.63. The van der Waals surface area contributed by atoms with Crippen LogP contribution in [0.2, 0.25) is 0 Å². The summed E-state index contributed by atoms with van der Waals surface area (Å²) in [6.45, 7) is 4.87. The molecule has 0 heterocycles. The first-order chi connectivity index (χ1) is 8.86. The van der Waals surface area contributed by atoms with Crippen molar-refractivity contribution in [3.8, 4) is 0 Å². The van der Waals surface area contributed by atoms with Crippen molar-refractivity contribution in [3.63, 3.8) is 0 Å². The Morgan fingerprint density at radius 1 is 1.40 bits per heavy atom. The highest BCUT2D eigenvalue weighted by molar-refractivity contribution is 7.89. The molecule has 0 fully saturated rings. The summed E-state index contributed by atoms with van der Waals surface area (Å²) >= 11 is 0. The van der Waals surface area contributed by atoms with E-state index >= 15 is 0 Å². The lowest BCUT2D eigenvalue weighted by atomic mass is 10.2. The zero-order valence-electron chi connectivity index (χ0n) is 11.4. The van der Waals surface area contributed by atoms with E-state index in [9.17, 15) is 13.2 Å². The number of nitrogens with two attached hydrogens (primary N) is 1. The van der Waals surface area contributed by atoms with Gasteiger partial charge >= 0.3 is 0 Å². The first-order valence-corrected chi connectivity index (χ1v) is 7.48. The van der Waals surface area contributed by atoms with Crippen molar-refractivity contribution in [2.45, 2.75) is 24.8 Å². The third-order valence-corrected chi connectivity index (χ3v) is 3.98. The van der Waals surface area contributed by atoms with Crippen molar-refractivity contribution in [2.24, 2.45) is 5.73 Å². The highest BCUT2D eigenvalue weighted by Crippen LogP contribution is 2.11. The maximum absolute atomic E-state index is 12.0. The van der Waals surface area contributed by atoms with Gasteiger partial charge in [-0.2, -0.15) is 0 Å². The van der Waals surface area contributed by atoms with E-state index in [1.807, 2.05) is 13.8 Å². The molecule has 0 aliphatic carbocycles. The van der Waals surface area contributed by atoms with E-state index in [-0.39, 0.29) is 35.5 Å². The molecule has 0 aromatic heterocycles. The molecule has 6 nitrogen and oxygen atoms in total. The van der Waals surface area contributed by atoms with Gasteiger partial charge in [-0.1, -0.05) is 13.0 Å². The molecule has 0 aliphatic rings. The first-order valence-electron chi connectivity index (χ1n) is 5.99. The number of carbonyl (C=O) groups is 1. The highest BCUT2D eigenvalue weighted by atomic mass is 35.5. The molecular formula is C12H20ClN3O3S. The second kappa shape index (κ2) is 8.21. The molecule has 20 heavy (non-hydrogen) atoms. The van der Waals surface area contributed by atoms with Crippen molar-refractivity contribution in [1.82, 2.24) is 10.0 Å². The molecule has 0 radical (unpaired) electrons. The quantitative estimate of drug-likeness (QED) is 0.680. The van der Waals surface area contributed by atoms with E-state index in [0.717, 1.165) is 6.54 Å². The topological polar surface area (TPSA) is 101 Å². The van der Waals surface area contributed by atoms with Crippen LogP contribution in [0.5, 0.6) is 0 Å². The molecule has 1 amide bonds. The lowest BCUT2D eigenvalue weighted by molar-refractivity contribution is 0.1000. The second-order valence-corrected chi connectivity index (χ2v) is 5.97. The Morgan fingerprint density at radius 3 is 2.60 bits per heavy atom. The van der Waals surface area contributed by atoms with Crippen LogP contribution in [-0.4, -0.2) is 33.5 Å². The van der Waals surface area contributed by atoms with Gasteiger partial charge < -0.3 is 11.1 Å². The number of nitrogens with one attached hydrogen (secondary N) is 2. The molecule has 0 saturated heterocycles. The third kappa shape index (κ3) is 5.46. The predicted octanol–water partition coefficient (Wildman–Crippen LogP) is 0.484. The molecule has 1 rings (SSSR count). The van der Waals surface area contributed by atoms with Crippen LogP contribution in [0.4, 0.5) is 0 Å². The number of hydrogen-bond acceptors (Lipinski definition) is 4. The molecule has 1 aromatic rings. The molecule has 4 N–H and O–H groups in total. The third-order valence-electron chi connectivity index (χ3n) is 2.56. The van der Waals surface area contributed by atoms with Gasteiger partial charge in [-0.3, -0.25) is 4.79 Å². The van der Waals surface area contributed by atoms with Crippen LogP contribution in [-0.2, 0) is 10.0 Å². The number of halogens is 1. The Hall–Kier alpha value is -1.15. The summed E-state index contributed by atoms with van der Waals surface area (Å²) in [6, 6.07) is 5.68. The molecule has 0 bridgehead atoms. The summed E-state index contributed by atoms with van der Waals surface area (Å²) in [5, 5.41) is 3.10. The van der Waals surface area contributed by atoms with Gasteiger partial charge in [0.25, 0.3) is 0 Å². The average Bonchev–Trinajstić information content (AvgIpc) is 2.37. The minimum Gasteiger partial charge on any atom is -0.366 e. The van der Waals surface area contributed by atoms with Crippen LogP contribution in [0, 0.1) is 0 Å². The Balaban J connectivity index is 0.00000361. The number of sulfonamides is 1. The standard InChI is InChI=1S/C12H19N3O3S.ClH/c1-3-14-9(2)8-15-19(17,18)11-6-4-5-10(7-11)12(13)16;/h4-7,9,14-15H,3,8H2,1-2H3,(H2,13,16);1H/t9-;/m1./s1. The Morgan fingerprint density at radius 2 is 2.05 bits per heavy atom. The summed E-state index contributed by atoms with van der Waals surface area (Å²) in [5.41, 5.74) is 5.29. The van der Waals surface area contributed by atoms with Gasteiger partial charge in [0, 0.05) is 18.2 Å². The van der Waals surface area contributed by atoms with Crippen molar-refractivity contribution in [3.05, 3.63) is 29.8 Å². The van der Waals surface area contributed by atoms with Crippen LogP contribution in [0.3, 0.4) is 0 Å². The summed E-state index contributed by atoms with van der Waals surface area (Å²) in [7, 11) is -3.63. The van der Waals surface area contributed by atoms with E-state index < -0.39 is 15.9 Å². The maximum atomic E-state index is 12.0. The molecule has 0 spiro atoms. The van der Waals surface area contributed by atoms with Crippen molar-refractivity contribution in [2.75, 3.05) is 13.1 Å². The van der Waals surface area contributed by atoms with Crippen LogP contribution < -0.4 is 15.8 Å². The normalized spacial score (nSPS) is 12.5. The summed E-state index contributed by atoms with van der Waals surface area (Å²) < 4.78 is 26.5. The lowest BCUT2D eigenvalue weighted by Crippen LogP contribution is -2.38. The largest absolute Gasteiger partial charge is 0.366 e. The molecule has 1 atom stereocenters. The smallest absolute Gasteiger partial charge is 0.248 e. The first kappa shape index (κ1) is 18.9. The van der Waals surface area contributed by atoms with Crippen LogP contribution >= 0.6 is 12.4 Å². The summed E-state index contributed by atoms with van der Waals surface area (Å²) in [6.07, 6.45) is 0. The molecule has 8 heteroatoms. The van der Waals surface area contributed by atoms with Gasteiger partial charge in [0.05, 0.1) is 4.90 Å². The number of hydrogen-bond donors (Lipinski definition) is 3. The fourth-order valence-corrected chi connectivity index (χ4v) is 2.73. The van der Waals surface area contributed by atoms with Crippen molar-refractivity contribution < 1.29 is 13.2 Å². The number of amides is 1. The predicted molar refractivity (Wildman–Crippen MR) is 80.5 cm³/mol. The van der Waals surface area contributed by atoms with E-state index in [4.69, 9.17) is 5.73 Å². The lowest BCUT2D eigenvalue weighted by Gasteiger charge is -2.13. The Bertz CT molecular complexity index is 549. The van der Waals surface area contributed by atoms with Gasteiger partial charge in [0.15, 0.2) is 0 Å². The van der Waals surface area contributed by atoms with Gasteiger partial charge in [0.2, 0.25) is 15.9 Å². The van der Waals surface area contributed by atoms with Crippen LogP contribution in [0.1, 0.15) is 24.2 Å². The van der Waals surface area contributed by atoms with Crippen LogP contribution in [0.25, 0.3) is 0 Å². The molecule has 1 aromatic carbocycles. The number of rotatable bonds is 7. The Labute approximate surface area is 125 Å². The fourth-order valence-electron chi connectivity index (χ4n) is 1.56. The van der Waals surface area contributed by atoms with Gasteiger partial charge in [0.1, 0.15) is 0 Å². The second-order valence-electron chi connectivity index (χ2n) is 4.20.